The summed E-state index contributed by atoms with van der Waals surface area (Å²) in [5.74, 6) is 0.934. The number of para-hydroxylation sites is 1. The third kappa shape index (κ3) is 5.91. The van der Waals surface area contributed by atoms with Crippen LogP contribution in [0.4, 0.5) is 0 Å². The molecule has 4 heteroatoms. The highest BCUT2D eigenvalue weighted by molar-refractivity contribution is 5.85. The van der Waals surface area contributed by atoms with E-state index in [4.69, 9.17) is 10.5 Å². The van der Waals surface area contributed by atoms with E-state index in [2.05, 4.69) is 18.0 Å². The number of nitrogens with two attached hydrogens (primary N) is 1. The van der Waals surface area contributed by atoms with E-state index in [1.54, 1.807) is 7.11 Å². The minimum atomic E-state index is -0.170. The molecule has 0 radical (unpaired) electrons. The molecule has 1 aromatic rings. The maximum Gasteiger partial charge on any atom is 0.123 e. The SMILES string of the molecule is COc1ccccc1CN(C)CC(C)(C)N.Cl. The van der Waals surface area contributed by atoms with Crippen LogP contribution in [0.25, 0.3) is 0 Å². The summed E-state index contributed by atoms with van der Waals surface area (Å²) >= 11 is 0. The smallest absolute Gasteiger partial charge is 0.123 e. The monoisotopic (exact) mass is 258 g/mol. The molecule has 0 spiro atoms. The molecule has 0 bridgehead atoms. The molecule has 1 aromatic carbocycles. The predicted octanol–water partition coefficient (Wildman–Crippen LogP) is 2.29. The van der Waals surface area contributed by atoms with Gasteiger partial charge in [-0.1, -0.05) is 18.2 Å². The Kier molecular flexibility index (Phi) is 6.53. The minimum absolute atomic E-state index is 0. The van der Waals surface area contributed by atoms with Crippen LogP contribution in [0.15, 0.2) is 24.3 Å². The molecule has 0 atom stereocenters. The van der Waals surface area contributed by atoms with Crippen LogP contribution in [0.2, 0.25) is 0 Å². The molecule has 0 aliphatic rings. The van der Waals surface area contributed by atoms with E-state index in [0.29, 0.717) is 0 Å². The van der Waals surface area contributed by atoms with Crippen molar-refractivity contribution >= 4 is 12.4 Å². The molecule has 2 N–H and O–H groups in total. The van der Waals surface area contributed by atoms with Gasteiger partial charge in [0.25, 0.3) is 0 Å². The molecule has 0 heterocycles. The molecule has 0 saturated heterocycles. The van der Waals surface area contributed by atoms with Crippen molar-refractivity contribution in [2.75, 3.05) is 20.7 Å². The Labute approximate surface area is 110 Å². The van der Waals surface area contributed by atoms with Gasteiger partial charge in [-0.3, -0.25) is 0 Å². The van der Waals surface area contributed by atoms with E-state index in [1.807, 2.05) is 32.0 Å². The fraction of sp³-hybridized carbons (Fsp3) is 0.538. The first-order valence-electron chi connectivity index (χ1n) is 5.52. The lowest BCUT2D eigenvalue weighted by molar-refractivity contribution is 0.259. The van der Waals surface area contributed by atoms with Crippen LogP contribution >= 0.6 is 12.4 Å². The molecular formula is C13H23ClN2O. The second-order valence-corrected chi connectivity index (χ2v) is 4.97. The summed E-state index contributed by atoms with van der Waals surface area (Å²) in [6, 6.07) is 8.07. The van der Waals surface area contributed by atoms with Crippen LogP contribution < -0.4 is 10.5 Å². The van der Waals surface area contributed by atoms with E-state index >= 15 is 0 Å². The van der Waals surface area contributed by atoms with Crippen molar-refractivity contribution in [2.24, 2.45) is 5.73 Å². The first-order chi connectivity index (χ1) is 7.42. The summed E-state index contributed by atoms with van der Waals surface area (Å²) in [6.45, 7) is 5.77. The third-order valence-electron chi connectivity index (χ3n) is 2.31. The summed E-state index contributed by atoms with van der Waals surface area (Å²) in [6.07, 6.45) is 0. The second kappa shape index (κ2) is 6.84. The molecule has 17 heavy (non-hydrogen) atoms. The number of likely N-dealkylation sites (N-methyl/N-ethyl adjacent to an activating group) is 1. The largest absolute Gasteiger partial charge is 0.496 e. The summed E-state index contributed by atoms with van der Waals surface area (Å²) in [4.78, 5) is 2.21. The Morgan fingerprint density at radius 3 is 2.41 bits per heavy atom. The molecule has 0 aromatic heterocycles. The Balaban J connectivity index is 0.00000256. The number of benzene rings is 1. The average Bonchev–Trinajstić information content (AvgIpc) is 2.15. The molecule has 0 aliphatic carbocycles. The summed E-state index contributed by atoms with van der Waals surface area (Å²) in [7, 11) is 3.77. The van der Waals surface area contributed by atoms with Gasteiger partial charge in [-0.2, -0.15) is 0 Å². The zero-order chi connectivity index (χ0) is 12.2. The number of hydrogen-bond donors (Lipinski definition) is 1. The van der Waals surface area contributed by atoms with E-state index in [9.17, 15) is 0 Å². The highest BCUT2D eigenvalue weighted by Gasteiger charge is 2.14. The quantitative estimate of drug-likeness (QED) is 0.881. The molecule has 0 saturated carbocycles. The van der Waals surface area contributed by atoms with Gasteiger partial charge in [0, 0.05) is 24.2 Å². The van der Waals surface area contributed by atoms with Gasteiger partial charge < -0.3 is 15.4 Å². The van der Waals surface area contributed by atoms with Crippen LogP contribution in [0.5, 0.6) is 5.75 Å². The Morgan fingerprint density at radius 1 is 1.29 bits per heavy atom. The van der Waals surface area contributed by atoms with Crippen molar-refractivity contribution in [3.63, 3.8) is 0 Å². The van der Waals surface area contributed by atoms with E-state index in [1.165, 1.54) is 5.56 Å². The highest BCUT2D eigenvalue weighted by atomic mass is 35.5. The molecule has 0 aliphatic heterocycles. The van der Waals surface area contributed by atoms with Gasteiger partial charge in [0.1, 0.15) is 5.75 Å². The number of ether oxygens (including phenoxy) is 1. The Morgan fingerprint density at radius 2 is 1.88 bits per heavy atom. The van der Waals surface area contributed by atoms with E-state index < -0.39 is 0 Å². The first kappa shape index (κ1) is 16.2. The van der Waals surface area contributed by atoms with Crippen molar-refractivity contribution in [1.82, 2.24) is 4.90 Å². The number of methoxy groups -OCH3 is 1. The van der Waals surface area contributed by atoms with Crippen LogP contribution in [0, 0.1) is 0 Å². The summed E-state index contributed by atoms with van der Waals surface area (Å²) < 4.78 is 5.32. The maximum absolute atomic E-state index is 5.99. The van der Waals surface area contributed by atoms with Crippen LogP contribution in [0.3, 0.4) is 0 Å². The fourth-order valence-electron chi connectivity index (χ4n) is 1.88. The maximum atomic E-state index is 5.99. The van der Waals surface area contributed by atoms with Crippen molar-refractivity contribution in [3.8, 4) is 5.75 Å². The topological polar surface area (TPSA) is 38.5 Å². The number of rotatable bonds is 5. The zero-order valence-corrected chi connectivity index (χ0v) is 11.9. The predicted molar refractivity (Wildman–Crippen MR) is 74.8 cm³/mol. The molecule has 3 nitrogen and oxygen atoms in total. The Bertz CT molecular complexity index is 336. The van der Waals surface area contributed by atoms with Gasteiger partial charge in [-0.05, 0) is 27.0 Å². The number of hydrogen-bond acceptors (Lipinski definition) is 3. The molecule has 1 rings (SSSR count). The Hall–Kier alpha value is -0.770. The van der Waals surface area contributed by atoms with Crippen LogP contribution in [-0.4, -0.2) is 31.1 Å². The number of halogens is 1. The zero-order valence-electron chi connectivity index (χ0n) is 11.1. The highest BCUT2D eigenvalue weighted by Crippen LogP contribution is 2.19. The van der Waals surface area contributed by atoms with Gasteiger partial charge in [-0.25, -0.2) is 0 Å². The van der Waals surface area contributed by atoms with Gasteiger partial charge in [0.2, 0.25) is 0 Å². The lowest BCUT2D eigenvalue weighted by Crippen LogP contribution is -2.43. The third-order valence-corrected chi connectivity index (χ3v) is 2.31. The van der Waals surface area contributed by atoms with Crippen LogP contribution in [-0.2, 0) is 6.54 Å². The summed E-state index contributed by atoms with van der Waals surface area (Å²) in [5.41, 5.74) is 7.01. The summed E-state index contributed by atoms with van der Waals surface area (Å²) in [5, 5.41) is 0. The molecule has 98 valence electrons. The van der Waals surface area contributed by atoms with Gasteiger partial charge in [0.05, 0.1) is 7.11 Å². The van der Waals surface area contributed by atoms with Crippen LogP contribution in [0.1, 0.15) is 19.4 Å². The van der Waals surface area contributed by atoms with Crippen molar-refractivity contribution in [3.05, 3.63) is 29.8 Å². The van der Waals surface area contributed by atoms with Gasteiger partial charge in [0.15, 0.2) is 0 Å². The van der Waals surface area contributed by atoms with Crippen molar-refractivity contribution in [1.29, 1.82) is 0 Å². The van der Waals surface area contributed by atoms with Gasteiger partial charge in [-0.15, -0.1) is 12.4 Å². The number of nitrogens with zero attached hydrogens (tertiary/aromatic N) is 1. The minimum Gasteiger partial charge on any atom is -0.496 e. The first-order valence-corrected chi connectivity index (χ1v) is 5.52. The van der Waals surface area contributed by atoms with Gasteiger partial charge >= 0.3 is 0 Å². The molecule has 0 amide bonds. The van der Waals surface area contributed by atoms with Crippen molar-refractivity contribution < 1.29 is 4.74 Å². The second-order valence-electron chi connectivity index (χ2n) is 4.97. The standard InChI is InChI=1S/C13H22N2O.ClH/c1-13(2,14)10-15(3)9-11-7-5-6-8-12(11)16-4;/h5-8H,9-10,14H2,1-4H3;1H. The normalized spacial score (nSPS) is 11.2. The van der Waals surface area contributed by atoms with Crippen molar-refractivity contribution in [2.45, 2.75) is 25.9 Å². The molecule has 0 fully saturated rings. The lowest BCUT2D eigenvalue weighted by atomic mass is 10.1. The van der Waals surface area contributed by atoms with E-state index in [0.717, 1.165) is 18.8 Å². The fourth-order valence-corrected chi connectivity index (χ4v) is 1.88. The average molecular weight is 259 g/mol. The lowest BCUT2D eigenvalue weighted by Gasteiger charge is -2.26. The molecular weight excluding hydrogens is 236 g/mol. The van der Waals surface area contributed by atoms with E-state index in [-0.39, 0.29) is 17.9 Å². The molecule has 0 unspecified atom stereocenters.